The molecule has 0 spiro atoms. The topological polar surface area (TPSA) is 249 Å². The van der Waals surface area contributed by atoms with Gasteiger partial charge in [0.05, 0.1) is 57.6 Å². The number of anilines is 2. The van der Waals surface area contributed by atoms with Gasteiger partial charge >= 0.3 is 6.09 Å². The van der Waals surface area contributed by atoms with Crippen molar-refractivity contribution in [1.29, 1.82) is 15.8 Å². The normalized spacial score (nSPS) is 21.6. The van der Waals surface area contributed by atoms with Crippen LogP contribution in [0.25, 0.3) is 16.6 Å². The highest BCUT2D eigenvalue weighted by Crippen LogP contribution is 2.32. The highest BCUT2D eigenvalue weighted by Gasteiger charge is 2.29. The summed E-state index contributed by atoms with van der Waals surface area (Å²) >= 11 is 5.86. The minimum atomic E-state index is -0.419. The number of Topliss-reactive ketones (excluding diaryl/α,β-unsaturated/α-hetero) is 1. The van der Waals surface area contributed by atoms with Crippen molar-refractivity contribution in [3.63, 3.8) is 0 Å². The second kappa shape index (κ2) is 23.7. The molecule has 1 amide bonds. The lowest BCUT2D eigenvalue weighted by molar-refractivity contribution is -0.121. The number of rotatable bonds is 6. The Bertz CT molecular complexity index is 2850. The van der Waals surface area contributed by atoms with E-state index >= 15 is 0 Å². The van der Waals surface area contributed by atoms with E-state index < -0.39 is 11.6 Å². The van der Waals surface area contributed by atoms with Crippen LogP contribution in [0.15, 0.2) is 73.2 Å². The lowest BCUT2D eigenvalue weighted by Gasteiger charge is -2.38. The average molecular weight is 973 g/mol. The summed E-state index contributed by atoms with van der Waals surface area (Å²) in [5.41, 5.74) is 17.8. The molecule has 18 nitrogen and oxygen atoms in total. The van der Waals surface area contributed by atoms with Gasteiger partial charge in [0.1, 0.15) is 46.7 Å². The van der Waals surface area contributed by atoms with Gasteiger partial charge in [0.2, 0.25) is 0 Å². The average Bonchev–Trinajstić information content (AvgIpc) is 4.11. The highest BCUT2D eigenvalue weighted by molar-refractivity contribution is 6.33. The fourth-order valence-electron chi connectivity index (χ4n) is 9.41. The zero-order valence-corrected chi connectivity index (χ0v) is 42.0. The van der Waals surface area contributed by atoms with Crippen LogP contribution < -0.4 is 31.9 Å². The summed E-state index contributed by atoms with van der Waals surface area (Å²) in [4.78, 5) is 28.1. The number of piperidine rings is 3. The van der Waals surface area contributed by atoms with Crippen molar-refractivity contribution in [2.24, 2.45) is 35.1 Å². The van der Waals surface area contributed by atoms with Crippen molar-refractivity contribution in [2.75, 3.05) is 49.1 Å². The first kappa shape index (κ1) is 52.6. The van der Waals surface area contributed by atoms with E-state index in [-0.39, 0.29) is 24.0 Å². The fourth-order valence-corrected chi connectivity index (χ4v) is 9.62. The quantitative estimate of drug-likeness (QED) is 0.135. The number of alkyl carbamates (subject to hydrolysis) is 1. The second-order valence-electron chi connectivity index (χ2n) is 19.9. The Morgan fingerprint density at radius 3 is 1.74 bits per heavy atom. The van der Waals surface area contributed by atoms with Crippen LogP contribution in [0.4, 0.5) is 16.2 Å². The second-order valence-corrected chi connectivity index (χ2v) is 20.3. The van der Waals surface area contributed by atoms with Gasteiger partial charge in [-0.25, -0.2) is 18.3 Å². The Hall–Kier alpha value is -6.75. The minimum Gasteiger partial charge on any atom is -0.444 e. The maximum Gasteiger partial charge on any atom is 0.407 e. The molecule has 0 saturated carbocycles. The number of ether oxygens (including phenoxy) is 1. The van der Waals surface area contributed by atoms with Gasteiger partial charge in [-0.1, -0.05) is 32.4 Å². The molecule has 19 heteroatoms. The molecule has 370 valence electrons. The van der Waals surface area contributed by atoms with Gasteiger partial charge in [0.15, 0.2) is 0 Å². The molecule has 9 rings (SSSR count). The molecule has 3 saturated heterocycles. The van der Waals surface area contributed by atoms with E-state index in [4.69, 9.17) is 38.3 Å². The number of amides is 1. The minimum absolute atomic E-state index is 0.128. The van der Waals surface area contributed by atoms with Crippen LogP contribution in [0.1, 0.15) is 91.2 Å². The summed E-state index contributed by atoms with van der Waals surface area (Å²) in [6.45, 7) is 19.5. The molecule has 0 bridgehead atoms. The molecule has 0 aliphatic carbocycles. The molecule has 0 unspecified atom stereocenters. The number of carbonyl (C=O) groups excluding carboxylic acids is 2. The third-order valence-electron chi connectivity index (χ3n) is 12.3. The lowest BCUT2D eigenvalue weighted by Crippen LogP contribution is -2.49. The third-order valence-corrected chi connectivity index (χ3v) is 12.6. The summed E-state index contributed by atoms with van der Waals surface area (Å²) in [5.74, 6) is 2.14. The van der Waals surface area contributed by atoms with Gasteiger partial charge in [-0.15, -0.1) is 0 Å². The van der Waals surface area contributed by atoms with Crippen LogP contribution in [-0.2, 0) is 9.53 Å². The summed E-state index contributed by atoms with van der Waals surface area (Å²) in [5, 5.41) is 46.2. The SMILES string of the molecule is C[C@@H]1CNC[C@H](NC(=O)OC(C)(C)C)C1.C[C@H]1C[C@@H](CC(=O)[C@H](C)N)CN(c2ccc(C#N)n3nccc23)C1.C[C@H]1C[C@@H](N)CN(c2ccc(C#N)n3nccc23)C1.N#Cc1ccc(Cl)c2ccnn12. The van der Waals surface area contributed by atoms with Gasteiger partial charge in [-0.2, -0.15) is 31.1 Å². The predicted octanol–water partition coefficient (Wildman–Crippen LogP) is 6.72. The summed E-state index contributed by atoms with van der Waals surface area (Å²) in [7, 11) is 0. The van der Waals surface area contributed by atoms with Gasteiger partial charge in [0, 0.05) is 51.2 Å². The van der Waals surface area contributed by atoms with Crippen molar-refractivity contribution < 1.29 is 14.3 Å². The van der Waals surface area contributed by atoms with Crippen LogP contribution >= 0.6 is 11.6 Å². The standard InChI is InChI=1S/C18H23N5O.C14H17N5.C11H22N2O2.C8H4ClN3/c1-12-7-14(8-18(24)13(2)20)11-22(10-12)16-4-3-15(9-19)23-17(16)5-6-21-23;1-10-6-11(16)9-18(8-10)13-3-2-12(7-15)19-14(13)4-5-17-19;1-8-5-9(7-12-6-8)13-10(14)15-11(2,3)4;9-7-2-1-6(5-10)12-8(7)3-4-11-12/h3-6,12-14H,7-8,10-11,20H2,1-2H3;2-5,10-11H,6,8-9,16H2,1H3;8-9,12H,5-7H2,1-4H3,(H,13,14);1-4H/t12-,13-,14-;10-,11+;8-,9+;/m000./s1. The lowest BCUT2D eigenvalue weighted by atomic mass is 9.86. The van der Waals surface area contributed by atoms with E-state index in [1.165, 1.54) is 4.52 Å². The first-order valence-corrected chi connectivity index (χ1v) is 24.3. The Kier molecular flexibility index (Phi) is 17.8. The molecule has 6 aromatic rings. The number of fused-ring (bicyclic) bond motifs is 3. The van der Waals surface area contributed by atoms with Crippen molar-refractivity contribution in [2.45, 2.75) is 97.9 Å². The summed E-state index contributed by atoms with van der Waals surface area (Å²) in [6.07, 6.45) is 8.40. The third kappa shape index (κ3) is 13.7. The number of halogens is 1. The van der Waals surface area contributed by atoms with Gasteiger partial charge < -0.3 is 36.6 Å². The van der Waals surface area contributed by atoms with E-state index in [0.29, 0.717) is 52.2 Å². The number of nitrogens with two attached hydrogens (primary N) is 2. The molecule has 3 aliphatic rings. The number of hydrogen-bond acceptors (Lipinski definition) is 14. The van der Waals surface area contributed by atoms with Crippen LogP contribution in [0.3, 0.4) is 0 Å². The molecule has 70 heavy (non-hydrogen) atoms. The van der Waals surface area contributed by atoms with Crippen LogP contribution in [-0.4, -0.2) is 104 Å². The van der Waals surface area contributed by atoms with E-state index in [2.05, 4.69) is 68.6 Å². The fraction of sp³-hybridized carbons (Fsp3) is 0.490. The molecule has 6 N–H and O–H groups in total. The Balaban J connectivity index is 0.000000158. The molecule has 9 heterocycles. The monoisotopic (exact) mass is 972 g/mol. The number of aromatic nitrogens is 6. The Labute approximate surface area is 415 Å². The maximum atomic E-state index is 12.0. The molecule has 3 fully saturated rings. The number of nitrogens with one attached hydrogen (secondary N) is 2. The number of nitriles is 3. The van der Waals surface area contributed by atoms with Gasteiger partial charge in [0.25, 0.3) is 0 Å². The van der Waals surface area contributed by atoms with Gasteiger partial charge in [-0.05, 0) is 132 Å². The van der Waals surface area contributed by atoms with Gasteiger partial charge in [-0.3, -0.25) is 4.79 Å². The first-order chi connectivity index (χ1) is 33.4. The largest absolute Gasteiger partial charge is 0.444 e. The summed E-state index contributed by atoms with van der Waals surface area (Å²) in [6, 6.07) is 22.9. The first-order valence-electron chi connectivity index (χ1n) is 23.9. The smallest absolute Gasteiger partial charge is 0.407 e. The van der Waals surface area contributed by atoms with Crippen LogP contribution in [0.5, 0.6) is 0 Å². The summed E-state index contributed by atoms with van der Waals surface area (Å²) < 4.78 is 10.1. The number of hydrogen-bond donors (Lipinski definition) is 4. The van der Waals surface area contributed by atoms with Crippen LogP contribution in [0, 0.1) is 57.7 Å². The molecular weight excluding hydrogens is 906 g/mol. The Morgan fingerprint density at radius 1 is 0.743 bits per heavy atom. The number of carbonyl (C=O) groups is 2. The molecule has 3 aliphatic heterocycles. The molecule has 6 aromatic heterocycles. The van der Waals surface area contributed by atoms with Crippen molar-refractivity contribution in [1.82, 2.24) is 39.5 Å². The number of pyridine rings is 3. The van der Waals surface area contributed by atoms with Crippen LogP contribution in [0.2, 0.25) is 5.02 Å². The van der Waals surface area contributed by atoms with Crippen molar-refractivity contribution in [3.8, 4) is 18.2 Å². The predicted molar refractivity (Wildman–Crippen MR) is 271 cm³/mol. The van der Waals surface area contributed by atoms with Crippen molar-refractivity contribution >= 4 is 51.4 Å². The van der Waals surface area contributed by atoms with E-state index in [1.54, 1.807) is 58.8 Å². The zero-order valence-electron chi connectivity index (χ0n) is 41.2. The number of ketones is 1. The highest BCUT2D eigenvalue weighted by atomic mass is 35.5. The maximum absolute atomic E-state index is 12.0. The molecule has 0 aromatic carbocycles. The Morgan fingerprint density at radius 2 is 1.24 bits per heavy atom. The molecule has 0 radical (unpaired) electrons. The number of nitrogens with zero attached hydrogens (tertiary/aromatic N) is 11. The zero-order chi connectivity index (χ0) is 50.7. The van der Waals surface area contributed by atoms with E-state index in [1.807, 2.05) is 57.2 Å². The van der Waals surface area contributed by atoms with E-state index in [0.717, 1.165) is 86.5 Å². The molecular formula is C51H66ClN15O3. The van der Waals surface area contributed by atoms with E-state index in [9.17, 15) is 14.9 Å². The molecule has 7 atom stereocenters. The van der Waals surface area contributed by atoms with Crippen molar-refractivity contribution in [3.05, 3.63) is 95.3 Å².